The van der Waals surface area contributed by atoms with E-state index in [1.807, 2.05) is 18.2 Å². The standard InChI is InChI=1S/C17H14BrClO4/c1-3-21-16(20)10-7-8-11(13(19)9-10)17(2)22-14-6-4-5-12(18)15(14)23-17/h4-9H,3H2,1-2H3. The van der Waals surface area contributed by atoms with E-state index in [-0.39, 0.29) is 0 Å². The normalized spacial score (nSPS) is 18.8. The molecule has 0 N–H and O–H groups in total. The fourth-order valence-corrected chi connectivity index (χ4v) is 3.21. The Kier molecular flexibility index (Phi) is 4.25. The molecule has 23 heavy (non-hydrogen) atoms. The first-order chi connectivity index (χ1) is 10.9. The summed E-state index contributed by atoms with van der Waals surface area (Å²) in [6.45, 7) is 3.85. The zero-order valence-corrected chi connectivity index (χ0v) is 14.9. The maximum absolute atomic E-state index is 11.8. The van der Waals surface area contributed by atoms with Crippen LogP contribution < -0.4 is 9.47 Å². The van der Waals surface area contributed by atoms with Crippen LogP contribution in [0.25, 0.3) is 0 Å². The van der Waals surface area contributed by atoms with Gasteiger partial charge in [-0.1, -0.05) is 17.7 Å². The number of rotatable bonds is 3. The quantitative estimate of drug-likeness (QED) is 0.689. The zero-order chi connectivity index (χ0) is 16.6. The van der Waals surface area contributed by atoms with Gasteiger partial charge in [0.25, 0.3) is 5.79 Å². The van der Waals surface area contributed by atoms with Gasteiger partial charge in [-0.2, -0.15) is 0 Å². The zero-order valence-electron chi connectivity index (χ0n) is 12.6. The molecule has 4 nitrogen and oxygen atoms in total. The number of esters is 1. The van der Waals surface area contributed by atoms with Crippen LogP contribution in [0.4, 0.5) is 0 Å². The van der Waals surface area contributed by atoms with Gasteiger partial charge in [-0.15, -0.1) is 0 Å². The lowest BCUT2D eigenvalue weighted by Crippen LogP contribution is -2.32. The van der Waals surface area contributed by atoms with E-state index in [4.69, 9.17) is 25.8 Å². The summed E-state index contributed by atoms with van der Waals surface area (Å²) in [4.78, 5) is 11.8. The third kappa shape index (κ3) is 2.91. The summed E-state index contributed by atoms with van der Waals surface area (Å²) in [6.07, 6.45) is 0. The van der Waals surface area contributed by atoms with Crippen molar-refractivity contribution in [2.24, 2.45) is 0 Å². The monoisotopic (exact) mass is 396 g/mol. The molecule has 0 amide bonds. The molecule has 1 aliphatic heterocycles. The van der Waals surface area contributed by atoms with Crippen LogP contribution in [0.15, 0.2) is 40.9 Å². The Bertz CT molecular complexity index is 777. The predicted molar refractivity (Wildman–Crippen MR) is 90.2 cm³/mol. The number of halogens is 2. The van der Waals surface area contributed by atoms with Gasteiger partial charge in [0.2, 0.25) is 0 Å². The highest BCUT2D eigenvalue weighted by Crippen LogP contribution is 2.48. The first-order valence-corrected chi connectivity index (χ1v) is 8.25. The van der Waals surface area contributed by atoms with Crippen molar-refractivity contribution in [3.63, 3.8) is 0 Å². The van der Waals surface area contributed by atoms with Crippen molar-refractivity contribution in [2.45, 2.75) is 19.6 Å². The Hall–Kier alpha value is -1.72. The SMILES string of the molecule is CCOC(=O)c1ccc(C2(C)Oc3cccc(Br)c3O2)c(Cl)c1. The second kappa shape index (κ2) is 6.06. The number of carbonyl (C=O) groups excluding carboxylic acids is 1. The van der Waals surface area contributed by atoms with Crippen molar-refractivity contribution in [2.75, 3.05) is 6.61 Å². The highest BCUT2D eigenvalue weighted by molar-refractivity contribution is 9.10. The van der Waals surface area contributed by atoms with E-state index in [1.54, 1.807) is 32.0 Å². The number of para-hydroxylation sites is 1. The van der Waals surface area contributed by atoms with Crippen molar-refractivity contribution in [3.8, 4) is 11.5 Å². The van der Waals surface area contributed by atoms with Crippen LogP contribution in [-0.4, -0.2) is 12.6 Å². The van der Waals surface area contributed by atoms with Gasteiger partial charge in [0.1, 0.15) is 0 Å². The minimum Gasteiger partial charge on any atom is -0.462 e. The minimum atomic E-state index is -1.06. The Morgan fingerprint density at radius 1 is 1.30 bits per heavy atom. The highest BCUT2D eigenvalue weighted by Gasteiger charge is 2.41. The molecule has 0 saturated heterocycles. The lowest BCUT2D eigenvalue weighted by Gasteiger charge is -2.24. The molecule has 0 spiro atoms. The summed E-state index contributed by atoms with van der Waals surface area (Å²) in [6, 6.07) is 10.5. The highest BCUT2D eigenvalue weighted by atomic mass is 79.9. The van der Waals surface area contributed by atoms with Gasteiger partial charge in [-0.05, 0) is 53.2 Å². The average molecular weight is 398 g/mol. The van der Waals surface area contributed by atoms with Crippen molar-refractivity contribution in [1.82, 2.24) is 0 Å². The van der Waals surface area contributed by atoms with E-state index < -0.39 is 11.8 Å². The number of fused-ring (bicyclic) bond motifs is 1. The van der Waals surface area contributed by atoms with E-state index in [0.29, 0.717) is 34.3 Å². The fourth-order valence-electron chi connectivity index (χ4n) is 2.43. The maximum Gasteiger partial charge on any atom is 0.338 e. The molecule has 1 aliphatic rings. The Morgan fingerprint density at radius 2 is 2.09 bits per heavy atom. The van der Waals surface area contributed by atoms with Gasteiger partial charge in [-0.25, -0.2) is 4.79 Å². The van der Waals surface area contributed by atoms with Crippen molar-refractivity contribution in [1.29, 1.82) is 0 Å². The Labute approximate surface area is 147 Å². The summed E-state index contributed by atoms with van der Waals surface area (Å²) in [7, 11) is 0. The lowest BCUT2D eigenvalue weighted by molar-refractivity contribution is -0.0682. The molecule has 0 aliphatic carbocycles. The number of benzene rings is 2. The molecule has 0 fully saturated rings. The largest absolute Gasteiger partial charge is 0.462 e. The van der Waals surface area contributed by atoms with Crippen LogP contribution >= 0.6 is 27.5 Å². The van der Waals surface area contributed by atoms with Gasteiger partial charge in [0.15, 0.2) is 11.5 Å². The topological polar surface area (TPSA) is 44.8 Å². The summed E-state index contributed by atoms with van der Waals surface area (Å²) >= 11 is 9.79. The molecule has 1 unspecified atom stereocenters. The smallest absolute Gasteiger partial charge is 0.338 e. The summed E-state index contributed by atoms with van der Waals surface area (Å²) < 4.78 is 17.7. The van der Waals surface area contributed by atoms with Crippen LogP contribution in [0.5, 0.6) is 11.5 Å². The van der Waals surface area contributed by atoms with E-state index in [1.165, 1.54) is 0 Å². The molecule has 1 heterocycles. The molecule has 0 radical (unpaired) electrons. The third-order valence-electron chi connectivity index (χ3n) is 3.50. The molecular formula is C17H14BrClO4. The molecule has 120 valence electrons. The van der Waals surface area contributed by atoms with Gasteiger partial charge in [-0.3, -0.25) is 0 Å². The molecule has 0 aromatic heterocycles. The van der Waals surface area contributed by atoms with Crippen LogP contribution in [0.3, 0.4) is 0 Å². The van der Waals surface area contributed by atoms with Crippen LogP contribution in [0, 0.1) is 0 Å². The molecule has 0 bridgehead atoms. The first-order valence-electron chi connectivity index (χ1n) is 7.08. The minimum absolute atomic E-state index is 0.311. The number of carbonyl (C=O) groups is 1. The van der Waals surface area contributed by atoms with Gasteiger partial charge in [0.05, 0.1) is 27.2 Å². The van der Waals surface area contributed by atoms with Gasteiger partial charge >= 0.3 is 5.97 Å². The van der Waals surface area contributed by atoms with E-state index in [9.17, 15) is 4.79 Å². The summed E-state index contributed by atoms with van der Waals surface area (Å²) in [5, 5.41) is 0.377. The molecule has 6 heteroatoms. The van der Waals surface area contributed by atoms with Crippen LogP contribution in [-0.2, 0) is 10.5 Å². The molecular weight excluding hydrogens is 384 g/mol. The van der Waals surface area contributed by atoms with Crippen LogP contribution in [0.2, 0.25) is 5.02 Å². The molecule has 2 aromatic carbocycles. The molecule has 1 atom stereocenters. The molecule has 3 rings (SSSR count). The second-order valence-electron chi connectivity index (χ2n) is 5.13. The predicted octanol–water partition coefficient (Wildman–Crippen LogP) is 4.92. The number of ether oxygens (including phenoxy) is 3. The second-order valence-corrected chi connectivity index (χ2v) is 6.39. The van der Waals surface area contributed by atoms with Gasteiger partial charge < -0.3 is 14.2 Å². The maximum atomic E-state index is 11.8. The van der Waals surface area contributed by atoms with E-state index in [2.05, 4.69) is 15.9 Å². The van der Waals surface area contributed by atoms with Crippen LogP contribution in [0.1, 0.15) is 29.8 Å². The third-order valence-corrected chi connectivity index (χ3v) is 4.44. The number of hydrogen-bond donors (Lipinski definition) is 0. The lowest BCUT2D eigenvalue weighted by atomic mass is 10.0. The Morgan fingerprint density at radius 3 is 2.74 bits per heavy atom. The van der Waals surface area contributed by atoms with Crippen molar-refractivity contribution < 1.29 is 19.0 Å². The average Bonchev–Trinajstić information content (AvgIpc) is 2.86. The number of hydrogen-bond acceptors (Lipinski definition) is 4. The van der Waals surface area contributed by atoms with E-state index in [0.717, 1.165) is 4.47 Å². The summed E-state index contributed by atoms with van der Waals surface area (Å²) in [5.41, 5.74) is 1.02. The Balaban J connectivity index is 1.94. The fraction of sp³-hybridized carbons (Fsp3) is 0.235. The summed E-state index contributed by atoms with van der Waals surface area (Å²) in [5.74, 6) is -0.213. The molecule has 0 saturated carbocycles. The van der Waals surface area contributed by atoms with E-state index >= 15 is 0 Å². The first kappa shape index (κ1) is 16.1. The van der Waals surface area contributed by atoms with Crippen molar-refractivity contribution >= 4 is 33.5 Å². The van der Waals surface area contributed by atoms with Gasteiger partial charge in [0, 0.05) is 6.92 Å². The molecule has 2 aromatic rings. The van der Waals surface area contributed by atoms with Crippen molar-refractivity contribution in [3.05, 3.63) is 57.0 Å².